The van der Waals surface area contributed by atoms with Gasteiger partial charge in [0.2, 0.25) is 0 Å². The number of nitroso groups, excluding NO2 is 1. The van der Waals surface area contributed by atoms with E-state index in [2.05, 4.69) is 10.2 Å². The fourth-order valence-corrected chi connectivity index (χ4v) is 3.23. The minimum absolute atomic E-state index is 0.247. The first-order valence-corrected chi connectivity index (χ1v) is 8.32. The van der Waals surface area contributed by atoms with Crippen LogP contribution in [0, 0.1) is 4.91 Å². The molecule has 1 saturated heterocycles. The summed E-state index contributed by atoms with van der Waals surface area (Å²) in [6.45, 7) is 4.00. The molecular formula is C18H23N3O2. The first-order chi connectivity index (χ1) is 11.3. The van der Waals surface area contributed by atoms with Gasteiger partial charge in [-0.1, -0.05) is 18.6 Å². The SMILES string of the molecule is O=NN(CCCN1CCCCC1)c1ccc2cc(O)ccc2c1. The number of piperidine rings is 1. The zero-order chi connectivity index (χ0) is 16.1. The second-order valence-corrected chi connectivity index (χ2v) is 6.18. The Kier molecular flexibility index (Phi) is 5.08. The predicted molar refractivity (Wildman–Crippen MR) is 93.7 cm³/mol. The summed E-state index contributed by atoms with van der Waals surface area (Å²) in [5, 5.41) is 16.2. The fourth-order valence-electron chi connectivity index (χ4n) is 3.23. The molecule has 0 aliphatic carbocycles. The second-order valence-electron chi connectivity index (χ2n) is 6.18. The van der Waals surface area contributed by atoms with E-state index < -0.39 is 0 Å². The third-order valence-electron chi connectivity index (χ3n) is 4.50. The molecule has 0 saturated carbocycles. The highest BCUT2D eigenvalue weighted by Gasteiger charge is 2.12. The average Bonchev–Trinajstić information content (AvgIpc) is 2.59. The summed E-state index contributed by atoms with van der Waals surface area (Å²) in [7, 11) is 0. The molecule has 23 heavy (non-hydrogen) atoms. The summed E-state index contributed by atoms with van der Waals surface area (Å²) < 4.78 is 0. The molecule has 0 atom stereocenters. The summed E-state index contributed by atoms with van der Waals surface area (Å²) in [5.74, 6) is 0.247. The number of rotatable bonds is 6. The van der Waals surface area contributed by atoms with Crippen molar-refractivity contribution in [3.63, 3.8) is 0 Å². The number of nitrogens with zero attached hydrogens (tertiary/aromatic N) is 3. The van der Waals surface area contributed by atoms with Crippen molar-refractivity contribution in [2.75, 3.05) is 31.2 Å². The van der Waals surface area contributed by atoms with Crippen molar-refractivity contribution in [3.8, 4) is 5.75 Å². The van der Waals surface area contributed by atoms with Crippen LogP contribution in [0.4, 0.5) is 5.69 Å². The van der Waals surface area contributed by atoms with Crippen molar-refractivity contribution >= 4 is 16.5 Å². The topological polar surface area (TPSA) is 56.1 Å². The Labute approximate surface area is 136 Å². The molecule has 122 valence electrons. The molecule has 2 aromatic rings. The third-order valence-corrected chi connectivity index (χ3v) is 4.50. The van der Waals surface area contributed by atoms with Gasteiger partial charge in [-0.25, -0.2) is 5.01 Å². The molecule has 0 unspecified atom stereocenters. The highest BCUT2D eigenvalue weighted by atomic mass is 16.3. The molecule has 0 spiro atoms. The Morgan fingerprint density at radius 3 is 2.57 bits per heavy atom. The van der Waals surface area contributed by atoms with E-state index in [1.165, 1.54) is 37.4 Å². The van der Waals surface area contributed by atoms with Crippen LogP contribution in [-0.4, -0.2) is 36.2 Å². The number of benzene rings is 2. The van der Waals surface area contributed by atoms with Gasteiger partial charge < -0.3 is 10.0 Å². The molecule has 5 heteroatoms. The molecule has 1 heterocycles. The van der Waals surface area contributed by atoms with Gasteiger partial charge in [0.15, 0.2) is 0 Å². The second kappa shape index (κ2) is 7.42. The lowest BCUT2D eigenvalue weighted by molar-refractivity contribution is 0.227. The van der Waals surface area contributed by atoms with Crippen molar-refractivity contribution in [1.29, 1.82) is 0 Å². The van der Waals surface area contributed by atoms with E-state index >= 15 is 0 Å². The summed E-state index contributed by atoms with van der Waals surface area (Å²) in [5.41, 5.74) is 0.803. The number of aromatic hydroxyl groups is 1. The van der Waals surface area contributed by atoms with Crippen LogP contribution in [0.25, 0.3) is 10.8 Å². The van der Waals surface area contributed by atoms with Gasteiger partial charge in [0.05, 0.1) is 11.0 Å². The molecule has 0 amide bonds. The third kappa shape index (κ3) is 3.99. The van der Waals surface area contributed by atoms with Gasteiger partial charge in [-0.05, 0) is 73.9 Å². The number of phenolic OH excluding ortho intramolecular Hbond substituents is 1. The van der Waals surface area contributed by atoms with Crippen LogP contribution in [-0.2, 0) is 0 Å². The van der Waals surface area contributed by atoms with E-state index in [0.717, 1.165) is 29.4 Å². The quantitative estimate of drug-likeness (QED) is 0.649. The molecule has 0 bridgehead atoms. The van der Waals surface area contributed by atoms with Gasteiger partial charge in [0.1, 0.15) is 5.75 Å². The van der Waals surface area contributed by atoms with Crippen molar-refractivity contribution in [2.24, 2.45) is 5.29 Å². The van der Waals surface area contributed by atoms with Crippen LogP contribution < -0.4 is 5.01 Å². The van der Waals surface area contributed by atoms with Crippen molar-refractivity contribution in [1.82, 2.24) is 4.90 Å². The molecule has 5 nitrogen and oxygen atoms in total. The highest BCUT2D eigenvalue weighted by Crippen LogP contribution is 2.25. The Balaban J connectivity index is 1.63. The van der Waals surface area contributed by atoms with E-state index in [9.17, 15) is 10.0 Å². The summed E-state index contributed by atoms with van der Waals surface area (Å²) in [4.78, 5) is 13.7. The number of hydrogen-bond acceptors (Lipinski definition) is 4. The average molecular weight is 313 g/mol. The molecule has 1 fully saturated rings. The number of fused-ring (bicyclic) bond motifs is 1. The Hall–Kier alpha value is -2.14. The number of likely N-dealkylation sites (tertiary alicyclic amines) is 1. The van der Waals surface area contributed by atoms with Gasteiger partial charge in [0, 0.05) is 6.54 Å². The largest absolute Gasteiger partial charge is 0.508 e. The molecule has 0 aromatic heterocycles. The lowest BCUT2D eigenvalue weighted by Gasteiger charge is -2.27. The lowest BCUT2D eigenvalue weighted by Crippen LogP contribution is -2.32. The van der Waals surface area contributed by atoms with Gasteiger partial charge in [-0.3, -0.25) is 0 Å². The zero-order valence-corrected chi connectivity index (χ0v) is 13.3. The minimum Gasteiger partial charge on any atom is -0.508 e. The van der Waals surface area contributed by atoms with Crippen LogP contribution in [0.2, 0.25) is 0 Å². The maximum absolute atomic E-state index is 11.2. The Morgan fingerprint density at radius 2 is 1.78 bits per heavy atom. The van der Waals surface area contributed by atoms with E-state index in [1.54, 1.807) is 12.1 Å². The minimum atomic E-state index is 0.247. The molecule has 2 aromatic carbocycles. The van der Waals surface area contributed by atoms with E-state index in [-0.39, 0.29) is 5.75 Å². The van der Waals surface area contributed by atoms with Gasteiger partial charge in [-0.15, -0.1) is 4.91 Å². The predicted octanol–water partition coefficient (Wildman–Crippen LogP) is 3.91. The summed E-state index contributed by atoms with van der Waals surface area (Å²) in [6.07, 6.45) is 4.84. The van der Waals surface area contributed by atoms with Crippen LogP contribution in [0.3, 0.4) is 0 Å². The number of phenols is 1. The van der Waals surface area contributed by atoms with Crippen LogP contribution in [0.5, 0.6) is 5.75 Å². The van der Waals surface area contributed by atoms with E-state index in [4.69, 9.17) is 0 Å². The summed E-state index contributed by atoms with van der Waals surface area (Å²) >= 11 is 0. The maximum Gasteiger partial charge on any atom is 0.116 e. The van der Waals surface area contributed by atoms with Gasteiger partial charge in [0.25, 0.3) is 0 Å². The lowest BCUT2D eigenvalue weighted by atomic mass is 10.1. The first-order valence-electron chi connectivity index (χ1n) is 8.32. The smallest absolute Gasteiger partial charge is 0.116 e. The van der Waals surface area contributed by atoms with Crippen molar-refractivity contribution in [3.05, 3.63) is 41.3 Å². The normalized spacial score (nSPS) is 15.7. The van der Waals surface area contributed by atoms with E-state index in [0.29, 0.717) is 6.54 Å². The summed E-state index contributed by atoms with van der Waals surface area (Å²) in [6, 6.07) is 11.0. The van der Waals surface area contributed by atoms with Crippen LogP contribution in [0.1, 0.15) is 25.7 Å². The van der Waals surface area contributed by atoms with Crippen LogP contribution >= 0.6 is 0 Å². The Bertz CT molecular complexity index is 668. The highest BCUT2D eigenvalue weighted by molar-refractivity contribution is 5.87. The fraction of sp³-hybridized carbons (Fsp3) is 0.444. The molecule has 1 aliphatic rings. The molecule has 1 N–H and O–H groups in total. The molecule has 3 rings (SSSR count). The number of hydrogen-bond donors (Lipinski definition) is 1. The first kappa shape index (κ1) is 15.7. The molecule has 0 radical (unpaired) electrons. The van der Waals surface area contributed by atoms with Crippen LogP contribution in [0.15, 0.2) is 41.7 Å². The Morgan fingerprint density at radius 1 is 1.04 bits per heavy atom. The maximum atomic E-state index is 11.2. The number of anilines is 1. The molecule has 1 aliphatic heterocycles. The monoisotopic (exact) mass is 313 g/mol. The van der Waals surface area contributed by atoms with Gasteiger partial charge >= 0.3 is 0 Å². The van der Waals surface area contributed by atoms with Gasteiger partial charge in [-0.2, -0.15) is 0 Å². The standard InChI is InChI=1S/C18H23N3O2/c22-18-8-6-15-13-17(7-5-16(15)14-18)21(19-23)12-4-11-20-9-2-1-3-10-20/h5-8,13-14,22H,1-4,9-12H2. The zero-order valence-electron chi connectivity index (χ0n) is 13.3. The van der Waals surface area contributed by atoms with Crippen molar-refractivity contribution < 1.29 is 5.11 Å². The van der Waals surface area contributed by atoms with Crippen molar-refractivity contribution in [2.45, 2.75) is 25.7 Å². The van der Waals surface area contributed by atoms with E-state index in [1.807, 2.05) is 24.3 Å². The molecular weight excluding hydrogens is 290 g/mol.